The molecule has 0 bridgehead atoms. The Bertz CT molecular complexity index is 791. The van der Waals surface area contributed by atoms with E-state index < -0.39 is 0 Å². The average Bonchev–Trinajstić information content (AvgIpc) is 2.75. The van der Waals surface area contributed by atoms with Crippen molar-refractivity contribution >= 4 is 11.5 Å². The summed E-state index contributed by atoms with van der Waals surface area (Å²) in [6, 6.07) is 13.2. The molecule has 0 radical (unpaired) electrons. The third kappa shape index (κ3) is 4.04. The number of halogens is 1. The van der Waals surface area contributed by atoms with Crippen molar-refractivity contribution in [1.82, 2.24) is 9.88 Å². The van der Waals surface area contributed by atoms with Crippen LogP contribution in [0.3, 0.4) is 0 Å². The minimum Gasteiger partial charge on any atom is -0.369 e. The second kappa shape index (κ2) is 7.93. The summed E-state index contributed by atoms with van der Waals surface area (Å²) >= 11 is 0. The Labute approximate surface area is 159 Å². The molecular formula is C21H24FN5. The number of nitriles is 1. The van der Waals surface area contributed by atoms with Gasteiger partial charge in [-0.15, -0.1) is 0 Å². The molecule has 1 aromatic heterocycles. The Kier molecular flexibility index (Phi) is 5.21. The van der Waals surface area contributed by atoms with Crippen molar-refractivity contribution in [3.63, 3.8) is 0 Å². The fraction of sp³-hybridized carbons (Fsp3) is 0.429. The highest BCUT2D eigenvalue weighted by Gasteiger charge is 2.28. The quantitative estimate of drug-likeness (QED) is 0.837. The lowest BCUT2D eigenvalue weighted by molar-refractivity contribution is 0.166. The van der Waals surface area contributed by atoms with Gasteiger partial charge >= 0.3 is 0 Å². The molecule has 0 N–H and O–H groups in total. The lowest BCUT2D eigenvalue weighted by Crippen LogP contribution is -2.55. The Morgan fingerprint density at radius 1 is 0.963 bits per heavy atom. The Hall–Kier alpha value is -2.65. The van der Waals surface area contributed by atoms with Gasteiger partial charge in [-0.2, -0.15) is 5.26 Å². The Balaban J connectivity index is 1.35. The molecular weight excluding hydrogens is 341 g/mol. The van der Waals surface area contributed by atoms with Gasteiger partial charge < -0.3 is 9.80 Å². The second-order valence-corrected chi connectivity index (χ2v) is 7.26. The standard InChI is InChI=1S/C21H24FN5/c22-18-4-6-19(7-5-18)25-10-12-26(13-11-25)20-2-1-9-27(16-20)21-8-3-17(14-23)15-24-21/h3-8,15,20H,1-2,9-13,16H2/t20-/m1/s1. The van der Waals surface area contributed by atoms with Gasteiger partial charge in [-0.25, -0.2) is 9.37 Å². The summed E-state index contributed by atoms with van der Waals surface area (Å²) in [5.74, 6) is 0.778. The molecule has 2 aliphatic rings. The van der Waals surface area contributed by atoms with Gasteiger partial charge in [-0.1, -0.05) is 0 Å². The largest absolute Gasteiger partial charge is 0.369 e. The maximum absolute atomic E-state index is 13.1. The molecule has 0 spiro atoms. The fourth-order valence-electron chi connectivity index (χ4n) is 4.10. The van der Waals surface area contributed by atoms with Crippen molar-refractivity contribution in [1.29, 1.82) is 5.26 Å². The summed E-state index contributed by atoms with van der Waals surface area (Å²) < 4.78 is 13.1. The van der Waals surface area contributed by atoms with Gasteiger partial charge in [0, 0.05) is 57.2 Å². The smallest absolute Gasteiger partial charge is 0.128 e. The van der Waals surface area contributed by atoms with E-state index in [9.17, 15) is 4.39 Å². The zero-order valence-corrected chi connectivity index (χ0v) is 15.4. The lowest BCUT2D eigenvalue weighted by Gasteiger charge is -2.44. The predicted molar refractivity (Wildman–Crippen MR) is 104 cm³/mol. The van der Waals surface area contributed by atoms with Crippen LogP contribution in [0.15, 0.2) is 42.6 Å². The maximum Gasteiger partial charge on any atom is 0.128 e. The van der Waals surface area contributed by atoms with Gasteiger partial charge in [-0.3, -0.25) is 4.90 Å². The number of benzene rings is 1. The lowest BCUT2D eigenvalue weighted by atomic mass is 10.0. The van der Waals surface area contributed by atoms with Crippen molar-refractivity contribution in [2.45, 2.75) is 18.9 Å². The number of hydrogen-bond donors (Lipinski definition) is 0. The van der Waals surface area contributed by atoms with Gasteiger partial charge in [0.1, 0.15) is 17.7 Å². The number of piperazine rings is 1. The van der Waals surface area contributed by atoms with Crippen LogP contribution >= 0.6 is 0 Å². The van der Waals surface area contributed by atoms with Crippen molar-refractivity contribution in [2.24, 2.45) is 0 Å². The summed E-state index contributed by atoms with van der Waals surface area (Å²) in [5.41, 5.74) is 1.70. The maximum atomic E-state index is 13.1. The monoisotopic (exact) mass is 365 g/mol. The van der Waals surface area contributed by atoms with E-state index in [0.29, 0.717) is 11.6 Å². The molecule has 0 saturated carbocycles. The highest BCUT2D eigenvalue weighted by atomic mass is 19.1. The van der Waals surface area contributed by atoms with E-state index in [1.54, 1.807) is 6.20 Å². The van der Waals surface area contributed by atoms with Crippen LogP contribution in [0.5, 0.6) is 0 Å². The van der Waals surface area contributed by atoms with Gasteiger partial charge in [-0.05, 0) is 49.2 Å². The number of anilines is 2. The van der Waals surface area contributed by atoms with Crippen LogP contribution in [0.4, 0.5) is 15.9 Å². The number of piperidine rings is 1. The normalized spacial score (nSPS) is 21.1. The van der Waals surface area contributed by atoms with E-state index in [1.165, 1.54) is 18.6 Å². The van der Waals surface area contributed by atoms with E-state index in [0.717, 1.165) is 57.2 Å². The van der Waals surface area contributed by atoms with Crippen LogP contribution in [0, 0.1) is 17.1 Å². The van der Waals surface area contributed by atoms with E-state index in [1.807, 2.05) is 24.3 Å². The van der Waals surface area contributed by atoms with E-state index in [4.69, 9.17) is 5.26 Å². The second-order valence-electron chi connectivity index (χ2n) is 7.26. The van der Waals surface area contributed by atoms with E-state index in [-0.39, 0.29) is 5.82 Å². The zero-order chi connectivity index (χ0) is 18.6. The van der Waals surface area contributed by atoms with Crippen molar-refractivity contribution in [3.05, 3.63) is 54.0 Å². The van der Waals surface area contributed by atoms with Crippen LogP contribution in [0.1, 0.15) is 18.4 Å². The minimum absolute atomic E-state index is 0.184. The molecule has 27 heavy (non-hydrogen) atoms. The van der Waals surface area contributed by atoms with Crippen molar-refractivity contribution < 1.29 is 4.39 Å². The first kappa shape index (κ1) is 17.7. The molecule has 6 heteroatoms. The fourth-order valence-corrected chi connectivity index (χ4v) is 4.10. The first-order valence-electron chi connectivity index (χ1n) is 9.58. The number of nitrogens with zero attached hydrogens (tertiary/aromatic N) is 5. The average molecular weight is 365 g/mol. The third-order valence-corrected chi connectivity index (χ3v) is 5.62. The van der Waals surface area contributed by atoms with Crippen molar-refractivity contribution in [3.8, 4) is 6.07 Å². The molecule has 1 atom stereocenters. The molecule has 3 heterocycles. The first-order valence-corrected chi connectivity index (χ1v) is 9.58. The Morgan fingerprint density at radius 3 is 2.41 bits per heavy atom. The predicted octanol–water partition coefficient (Wildman–Crippen LogP) is 2.88. The summed E-state index contributed by atoms with van der Waals surface area (Å²) in [4.78, 5) is 11.7. The number of pyridine rings is 1. The van der Waals surface area contributed by atoms with Crippen molar-refractivity contribution in [2.75, 3.05) is 49.1 Å². The van der Waals surface area contributed by atoms with Crippen LogP contribution in [0.25, 0.3) is 0 Å². The summed E-state index contributed by atoms with van der Waals surface area (Å²) in [5, 5.41) is 8.94. The molecule has 2 saturated heterocycles. The topological polar surface area (TPSA) is 46.4 Å². The van der Waals surface area contributed by atoms with E-state index >= 15 is 0 Å². The summed E-state index contributed by atoms with van der Waals surface area (Å²) in [6.07, 6.45) is 4.02. The van der Waals surface area contributed by atoms with Gasteiger partial charge in [0.2, 0.25) is 0 Å². The van der Waals surface area contributed by atoms with E-state index in [2.05, 4.69) is 25.8 Å². The van der Waals surface area contributed by atoms with Crippen LogP contribution < -0.4 is 9.80 Å². The highest BCUT2D eigenvalue weighted by molar-refractivity contribution is 5.47. The summed E-state index contributed by atoms with van der Waals surface area (Å²) in [6.45, 7) is 5.99. The number of hydrogen-bond acceptors (Lipinski definition) is 5. The molecule has 0 amide bonds. The molecule has 0 aliphatic carbocycles. The molecule has 4 rings (SSSR count). The van der Waals surface area contributed by atoms with Crippen LogP contribution in [-0.2, 0) is 0 Å². The van der Waals surface area contributed by atoms with Gasteiger partial charge in [0.15, 0.2) is 0 Å². The molecule has 5 nitrogen and oxygen atoms in total. The first-order chi connectivity index (χ1) is 13.2. The SMILES string of the molecule is N#Cc1ccc(N2CCC[C@@H](N3CCN(c4ccc(F)cc4)CC3)C2)nc1. The molecule has 2 aromatic rings. The number of aromatic nitrogens is 1. The molecule has 2 fully saturated rings. The number of rotatable bonds is 3. The zero-order valence-electron chi connectivity index (χ0n) is 15.4. The summed E-state index contributed by atoms with van der Waals surface area (Å²) in [7, 11) is 0. The minimum atomic E-state index is -0.184. The molecule has 140 valence electrons. The van der Waals surface area contributed by atoms with Crippen LogP contribution in [0.2, 0.25) is 0 Å². The highest BCUT2D eigenvalue weighted by Crippen LogP contribution is 2.23. The Morgan fingerprint density at radius 2 is 1.74 bits per heavy atom. The molecule has 2 aliphatic heterocycles. The molecule has 0 unspecified atom stereocenters. The van der Waals surface area contributed by atoms with Gasteiger partial charge in [0.05, 0.1) is 5.56 Å². The van der Waals surface area contributed by atoms with Crippen LogP contribution in [-0.4, -0.2) is 55.2 Å². The van der Waals surface area contributed by atoms with Gasteiger partial charge in [0.25, 0.3) is 0 Å². The third-order valence-electron chi connectivity index (χ3n) is 5.62. The molecule has 1 aromatic carbocycles.